The molecule has 30 heavy (non-hydrogen) atoms. The summed E-state index contributed by atoms with van der Waals surface area (Å²) in [7, 11) is 3.97. The molecular formula is C24H29N3O2S. The van der Waals surface area contributed by atoms with Crippen LogP contribution >= 0.6 is 11.3 Å². The van der Waals surface area contributed by atoms with E-state index in [1.807, 2.05) is 62.3 Å². The number of hydrogen-bond acceptors (Lipinski definition) is 5. The van der Waals surface area contributed by atoms with Crippen molar-refractivity contribution in [2.45, 2.75) is 39.7 Å². The number of aromatic nitrogens is 1. The number of aryl methyl sites for hydroxylation is 1. The average molecular weight is 424 g/mol. The van der Waals surface area contributed by atoms with E-state index < -0.39 is 0 Å². The fourth-order valence-corrected chi connectivity index (χ4v) is 3.82. The maximum absolute atomic E-state index is 12.7. The molecule has 0 saturated heterocycles. The van der Waals surface area contributed by atoms with Gasteiger partial charge in [0.25, 0.3) is 5.91 Å². The molecular weight excluding hydrogens is 394 g/mol. The molecule has 1 aromatic heterocycles. The van der Waals surface area contributed by atoms with Crippen LogP contribution in [0.25, 0.3) is 0 Å². The van der Waals surface area contributed by atoms with Crippen molar-refractivity contribution in [1.82, 2.24) is 4.98 Å². The molecule has 1 heterocycles. The highest BCUT2D eigenvalue weighted by molar-refractivity contribution is 7.13. The van der Waals surface area contributed by atoms with Gasteiger partial charge in [0, 0.05) is 25.5 Å². The molecule has 0 atom stereocenters. The van der Waals surface area contributed by atoms with Gasteiger partial charge in [0.05, 0.1) is 5.69 Å². The van der Waals surface area contributed by atoms with Crippen LogP contribution in [0.3, 0.4) is 0 Å². The van der Waals surface area contributed by atoms with Crippen LogP contribution in [-0.4, -0.2) is 25.0 Å². The number of carbonyl (C=O) groups is 1. The molecule has 0 aliphatic heterocycles. The summed E-state index contributed by atoms with van der Waals surface area (Å²) in [5, 5.41) is 3.72. The van der Waals surface area contributed by atoms with Crippen LogP contribution in [0.1, 0.15) is 46.7 Å². The van der Waals surface area contributed by atoms with Gasteiger partial charge in [0.2, 0.25) is 0 Å². The van der Waals surface area contributed by atoms with Crippen LogP contribution in [-0.2, 0) is 12.0 Å². The second-order valence-electron chi connectivity index (χ2n) is 8.48. The van der Waals surface area contributed by atoms with Crippen LogP contribution in [0.2, 0.25) is 0 Å². The molecule has 0 spiro atoms. The topological polar surface area (TPSA) is 54.5 Å². The Kier molecular flexibility index (Phi) is 6.46. The molecule has 158 valence electrons. The maximum Gasteiger partial charge on any atom is 0.267 e. The Bertz CT molecular complexity index is 1000. The van der Waals surface area contributed by atoms with E-state index in [-0.39, 0.29) is 11.3 Å². The minimum atomic E-state index is -0.150. The summed E-state index contributed by atoms with van der Waals surface area (Å²) in [6, 6.07) is 15.9. The highest BCUT2D eigenvalue weighted by Crippen LogP contribution is 2.26. The van der Waals surface area contributed by atoms with Gasteiger partial charge >= 0.3 is 0 Å². The van der Waals surface area contributed by atoms with E-state index in [2.05, 4.69) is 43.2 Å². The predicted molar refractivity (Wildman–Crippen MR) is 125 cm³/mol. The van der Waals surface area contributed by atoms with Crippen molar-refractivity contribution >= 4 is 28.6 Å². The van der Waals surface area contributed by atoms with Crippen LogP contribution < -0.4 is 15.0 Å². The summed E-state index contributed by atoms with van der Waals surface area (Å²) in [6.45, 7) is 8.74. The zero-order chi connectivity index (χ0) is 21.9. The van der Waals surface area contributed by atoms with Crippen LogP contribution in [0.5, 0.6) is 5.75 Å². The number of nitrogens with zero attached hydrogens (tertiary/aromatic N) is 2. The van der Waals surface area contributed by atoms with Gasteiger partial charge in [-0.2, -0.15) is 0 Å². The molecule has 1 N–H and O–H groups in total. The Morgan fingerprint density at radius 1 is 1.07 bits per heavy atom. The number of hydrogen-bond donors (Lipinski definition) is 1. The van der Waals surface area contributed by atoms with Gasteiger partial charge in [0.1, 0.15) is 22.2 Å². The van der Waals surface area contributed by atoms with Crippen molar-refractivity contribution in [2.75, 3.05) is 24.3 Å². The van der Waals surface area contributed by atoms with E-state index in [9.17, 15) is 4.79 Å². The van der Waals surface area contributed by atoms with Gasteiger partial charge in [0.15, 0.2) is 0 Å². The third-order valence-corrected chi connectivity index (χ3v) is 5.90. The number of thiazole rings is 1. The number of nitrogens with one attached hydrogen (secondary N) is 1. The second kappa shape index (κ2) is 8.88. The summed E-state index contributed by atoms with van der Waals surface area (Å²) in [4.78, 5) is 19.8. The molecule has 2 aromatic carbocycles. The van der Waals surface area contributed by atoms with E-state index in [0.717, 1.165) is 22.1 Å². The van der Waals surface area contributed by atoms with Crippen molar-refractivity contribution in [3.63, 3.8) is 0 Å². The lowest BCUT2D eigenvalue weighted by Gasteiger charge is -2.19. The second-order valence-corrected chi connectivity index (χ2v) is 9.56. The number of amides is 1. The normalized spacial score (nSPS) is 11.3. The SMILES string of the molecule is Cc1nc(COc2ccc(C(C)(C)C)cc2)sc1C(=O)Nc1ccc(N(C)C)cc1. The van der Waals surface area contributed by atoms with Gasteiger partial charge in [-0.05, 0) is 54.3 Å². The third-order valence-electron chi connectivity index (χ3n) is 4.77. The lowest BCUT2D eigenvalue weighted by Crippen LogP contribution is -2.12. The smallest absolute Gasteiger partial charge is 0.267 e. The van der Waals surface area contributed by atoms with Crippen LogP contribution in [0.4, 0.5) is 11.4 Å². The highest BCUT2D eigenvalue weighted by atomic mass is 32.1. The molecule has 0 radical (unpaired) electrons. The van der Waals surface area contributed by atoms with E-state index >= 15 is 0 Å². The molecule has 0 aliphatic rings. The summed E-state index contributed by atoms with van der Waals surface area (Å²) in [5.74, 6) is 0.645. The first-order valence-electron chi connectivity index (χ1n) is 9.92. The van der Waals surface area contributed by atoms with Crippen molar-refractivity contribution in [1.29, 1.82) is 0 Å². The van der Waals surface area contributed by atoms with E-state index in [1.165, 1.54) is 16.9 Å². The Balaban J connectivity index is 1.62. The Hall–Kier alpha value is -2.86. The number of benzene rings is 2. The first-order valence-corrected chi connectivity index (χ1v) is 10.7. The van der Waals surface area contributed by atoms with E-state index in [1.54, 1.807) is 0 Å². The Morgan fingerprint density at radius 2 is 1.70 bits per heavy atom. The molecule has 1 amide bonds. The zero-order valence-corrected chi connectivity index (χ0v) is 19.3. The van der Waals surface area contributed by atoms with Crippen LogP contribution in [0.15, 0.2) is 48.5 Å². The first kappa shape index (κ1) is 21.8. The Morgan fingerprint density at radius 3 is 2.27 bits per heavy atom. The lowest BCUT2D eigenvalue weighted by atomic mass is 9.87. The quantitative estimate of drug-likeness (QED) is 0.557. The summed E-state index contributed by atoms with van der Waals surface area (Å²) in [5.41, 5.74) is 3.92. The summed E-state index contributed by atoms with van der Waals surface area (Å²) in [6.07, 6.45) is 0. The first-order chi connectivity index (χ1) is 14.1. The molecule has 0 saturated carbocycles. The van der Waals surface area contributed by atoms with Crippen LogP contribution in [0, 0.1) is 6.92 Å². The lowest BCUT2D eigenvalue weighted by molar-refractivity contribution is 0.103. The van der Waals surface area contributed by atoms with Crippen molar-refractivity contribution in [3.8, 4) is 5.75 Å². The number of carbonyl (C=O) groups excluding carboxylic acids is 1. The maximum atomic E-state index is 12.7. The molecule has 0 fully saturated rings. The third kappa shape index (κ3) is 5.39. The monoisotopic (exact) mass is 423 g/mol. The van der Waals surface area contributed by atoms with Gasteiger partial charge < -0.3 is 15.0 Å². The van der Waals surface area contributed by atoms with Gasteiger partial charge in [-0.3, -0.25) is 4.79 Å². The Labute approximate surface area is 182 Å². The van der Waals surface area contributed by atoms with Gasteiger partial charge in [-0.1, -0.05) is 32.9 Å². The number of anilines is 2. The molecule has 3 rings (SSSR count). The minimum absolute atomic E-state index is 0.111. The minimum Gasteiger partial charge on any atom is -0.486 e. The van der Waals surface area contributed by atoms with Crippen molar-refractivity contribution in [3.05, 3.63) is 69.7 Å². The summed E-state index contributed by atoms with van der Waals surface area (Å²) < 4.78 is 5.87. The average Bonchev–Trinajstić information content (AvgIpc) is 3.07. The summed E-state index contributed by atoms with van der Waals surface area (Å²) >= 11 is 1.37. The zero-order valence-electron chi connectivity index (χ0n) is 18.4. The van der Waals surface area contributed by atoms with Gasteiger partial charge in [-0.25, -0.2) is 4.98 Å². The fraction of sp³-hybridized carbons (Fsp3) is 0.333. The fourth-order valence-electron chi connectivity index (χ4n) is 2.95. The molecule has 5 nitrogen and oxygen atoms in total. The molecule has 3 aromatic rings. The largest absolute Gasteiger partial charge is 0.486 e. The molecule has 0 bridgehead atoms. The molecule has 6 heteroatoms. The number of rotatable bonds is 6. The van der Waals surface area contributed by atoms with Gasteiger partial charge in [-0.15, -0.1) is 11.3 Å². The number of ether oxygens (including phenoxy) is 1. The van der Waals surface area contributed by atoms with E-state index in [4.69, 9.17) is 4.74 Å². The highest BCUT2D eigenvalue weighted by Gasteiger charge is 2.17. The predicted octanol–water partition coefficient (Wildman–Crippen LogP) is 5.65. The van der Waals surface area contributed by atoms with Crippen molar-refractivity contribution < 1.29 is 9.53 Å². The van der Waals surface area contributed by atoms with Crippen molar-refractivity contribution in [2.24, 2.45) is 0 Å². The molecule has 0 unspecified atom stereocenters. The molecule has 0 aliphatic carbocycles. The standard InChI is InChI=1S/C24H29N3O2S/c1-16-22(23(28)26-18-9-11-19(12-10-18)27(5)6)30-21(25-16)15-29-20-13-7-17(8-14-20)24(2,3)4/h7-14H,15H2,1-6H3,(H,26,28). The van der Waals surface area contributed by atoms with E-state index in [0.29, 0.717) is 17.2 Å².